The highest BCUT2D eigenvalue weighted by Crippen LogP contribution is 2.28. The molecule has 0 saturated heterocycles. The molecule has 0 bridgehead atoms. The smallest absolute Gasteiger partial charge is 0.292 e. The number of carbonyl (C=O) groups is 1. The number of hydrogen-bond acceptors (Lipinski definition) is 5. The maximum atomic E-state index is 12.9. The molecule has 6 nitrogen and oxygen atoms in total. The van der Waals surface area contributed by atoms with E-state index in [1.165, 1.54) is 12.1 Å². The fraction of sp³-hybridized carbons (Fsp3) is 0.200. The molecule has 0 atom stereocenters. The van der Waals surface area contributed by atoms with Crippen molar-refractivity contribution < 1.29 is 18.0 Å². The van der Waals surface area contributed by atoms with E-state index in [1.807, 2.05) is 0 Å². The molecular weight excluding hydrogens is 439 g/mol. The van der Waals surface area contributed by atoms with Crippen molar-refractivity contribution >= 4 is 43.3 Å². The fourth-order valence-electron chi connectivity index (χ4n) is 2.47. The number of hydrogen-bond donors (Lipinski definition) is 0. The number of ketones is 1. The van der Waals surface area contributed by atoms with Crippen LogP contribution in [0.15, 0.2) is 33.9 Å². The Kier molecular flexibility index (Phi) is 4.61. The number of alkyl halides is 4. The lowest BCUT2D eigenvalue weighted by molar-refractivity contribution is -0.144. The Morgan fingerprint density at radius 3 is 2.58 bits per heavy atom. The summed E-state index contributed by atoms with van der Waals surface area (Å²) in [4.78, 5) is 36.4. The molecule has 0 radical (unpaired) electrons. The third-order valence-corrected chi connectivity index (χ3v) is 5.04. The van der Waals surface area contributed by atoms with Gasteiger partial charge in [0, 0.05) is 18.5 Å². The Balaban J connectivity index is 2.28. The molecule has 0 spiro atoms. The molecule has 0 amide bonds. The van der Waals surface area contributed by atoms with Crippen LogP contribution >= 0.6 is 27.5 Å². The summed E-state index contributed by atoms with van der Waals surface area (Å²) >= 11 is 4.11. The number of nitrogens with zero attached hydrogens (tertiary/aromatic N) is 3. The van der Waals surface area contributed by atoms with Crippen molar-refractivity contribution in [1.82, 2.24) is 13.5 Å². The van der Waals surface area contributed by atoms with E-state index < -0.39 is 23.1 Å². The summed E-state index contributed by atoms with van der Waals surface area (Å²) in [5.41, 5.74) is -3.37. The number of benzene rings is 1. The Hall–Kier alpha value is -2.27. The lowest BCUT2D eigenvalue weighted by atomic mass is 10.1. The van der Waals surface area contributed by atoms with Gasteiger partial charge in [-0.05, 0) is 29.7 Å². The molecule has 3 rings (SSSR count). The Labute approximate surface area is 155 Å². The molecule has 0 fully saturated rings. The molecule has 0 aliphatic heterocycles. The zero-order valence-electron chi connectivity index (χ0n) is 13.0. The Morgan fingerprint density at radius 1 is 1.27 bits per heavy atom. The number of carbonyl (C=O) groups excluding carboxylic acids is 1. The zero-order valence-corrected chi connectivity index (χ0v) is 15.4. The maximum Gasteiger partial charge on any atom is 0.431 e. The van der Waals surface area contributed by atoms with E-state index in [0.717, 1.165) is 18.6 Å². The molecule has 136 valence electrons. The van der Waals surface area contributed by atoms with Gasteiger partial charge in [0.25, 0.3) is 5.56 Å². The summed E-state index contributed by atoms with van der Waals surface area (Å²) in [5, 5.41) is 0.462. The third-order valence-electron chi connectivity index (χ3n) is 3.71. The second-order valence-electron chi connectivity index (χ2n) is 5.31. The predicted molar refractivity (Wildman–Crippen MR) is 93.6 cm³/mol. The summed E-state index contributed by atoms with van der Waals surface area (Å²) in [6, 6.07) is 4.72. The summed E-state index contributed by atoms with van der Waals surface area (Å²) in [7, 11) is 0.936. The molecule has 0 saturated carbocycles. The van der Waals surface area contributed by atoms with Crippen molar-refractivity contribution in [3.8, 4) is 5.69 Å². The summed E-state index contributed by atoms with van der Waals surface area (Å²) in [6.07, 6.45) is -4.83. The number of Topliss-reactive ketones (excluding diaryl/α,β-unsaturated/α-hetero) is 1. The molecule has 1 aromatic carbocycles. The van der Waals surface area contributed by atoms with Crippen molar-refractivity contribution in [3.05, 3.63) is 56.5 Å². The third kappa shape index (κ3) is 3.01. The van der Waals surface area contributed by atoms with Crippen LogP contribution in [0.5, 0.6) is 0 Å². The number of fused-ring (bicyclic) bond motifs is 1. The molecule has 0 aliphatic rings. The molecule has 0 aliphatic carbocycles. The highest BCUT2D eigenvalue weighted by molar-refractivity contribution is 9.09. The standard InChI is InChI=1S/C15H9BrF3N3O3S/c1-21-11(15(17,18)19)5-12(24)22(14(21)25)7-2-3-10-8(4-7)13(20-26-10)9(23)6-16/h2-5H,6H2,1H3. The summed E-state index contributed by atoms with van der Waals surface area (Å²) in [5.74, 6) is -0.291. The van der Waals surface area contributed by atoms with Gasteiger partial charge < -0.3 is 0 Å². The minimum Gasteiger partial charge on any atom is -0.292 e. The van der Waals surface area contributed by atoms with Crippen LogP contribution in [0.25, 0.3) is 15.8 Å². The van der Waals surface area contributed by atoms with E-state index in [1.54, 1.807) is 6.07 Å². The summed E-state index contributed by atoms with van der Waals surface area (Å²) < 4.78 is 44.5. The van der Waals surface area contributed by atoms with Gasteiger partial charge in [0.05, 0.1) is 15.7 Å². The highest BCUT2D eigenvalue weighted by Gasteiger charge is 2.35. The van der Waals surface area contributed by atoms with E-state index in [2.05, 4.69) is 20.3 Å². The second kappa shape index (κ2) is 6.47. The summed E-state index contributed by atoms with van der Waals surface area (Å²) in [6.45, 7) is 0. The van der Waals surface area contributed by atoms with Gasteiger partial charge >= 0.3 is 11.9 Å². The minimum atomic E-state index is -4.83. The first kappa shape index (κ1) is 18.5. The highest BCUT2D eigenvalue weighted by atomic mass is 79.9. The van der Waals surface area contributed by atoms with E-state index in [9.17, 15) is 27.6 Å². The number of aromatic nitrogens is 3. The average Bonchev–Trinajstić information content (AvgIpc) is 3.00. The van der Waals surface area contributed by atoms with E-state index in [4.69, 9.17) is 0 Å². The van der Waals surface area contributed by atoms with E-state index >= 15 is 0 Å². The Bertz CT molecular complexity index is 1150. The van der Waals surface area contributed by atoms with Crippen LogP contribution in [-0.4, -0.2) is 24.6 Å². The molecule has 3 aromatic rings. The average molecular weight is 448 g/mol. The van der Waals surface area contributed by atoms with Gasteiger partial charge in [-0.2, -0.15) is 17.5 Å². The van der Waals surface area contributed by atoms with Crippen molar-refractivity contribution in [3.63, 3.8) is 0 Å². The van der Waals surface area contributed by atoms with Crippen molar-refractivity contribution in [2.45, 2.75) is 6.18 Å². The first-order valence-electron chi connectivity index (χ1n) is 7.04. The number of halogens is 4. The number of rotatable bonds is 3. The zero-order chi connectivity index (χ0) is 19.2. The monoisotopic (exact) mass is 447 g/mol. The molecule has 26 heavy (non-hydrogen) atoms. The van der Waals surface area contributed by atoms with Crippen molar-refractivity contribution in [2.75, 3.05) is 5.33 Å². The van der Waals surface area contributed by atoms with Crippen LogP contribution in [-0.2, 0) is 13.2 Å². The normalized spacial score (nSPS) is 11.9. The van der Waals surface area contributed by atoms with Crippen LogP contribution in [0.1, 0.15) is 16.2 Å². The van der Waals surface area contributed by atoms with Gasteiger partial charge in [-0.15, -0.1) is 0 Å². The maximum absolute atomic E-state index is 12.9. The van der Waals surface area contributed by atoms with Gasteiger partial charge in [-0.25, -0.2) is 9.36 Å². The van der Waals surface area contributed by atoms with E-state index in [0.29, 0.717) is 25.3 Å². The van der Waals surface area contributed by atoms with Crippen LogP contribution in [0.4, 0.5) is 13.2 Å². The fourth-order valence-corrected chi connectivity index (χ4v) is 3.50. The molecule has 0 unspecified atom stereocenters. The van der Waals surface area contributed by atoms with Crippen LogP contribution in [0, 0.1) is 0 Å². The SMILES string of the molecule is Cn1c(C(F)(F)F)cc(=O)n(-c2ccc3snc(C(=O)CBr)c3c2)c1=O. The predicted octanol–water partition coefficient (Wildman–Crippen LogP) is 2.74. The first-order valence-corrected chi connectivity index (χ1v) is 8.94. The van der Waals surface area contributed by atoms with Crippen LogP contribution < -0.4 is 11.2 Å². The largest absolute Gasteiger partial charge is 0.431 e. The minimum absolute atomic E-state index is 0.0397. The first-order chi connectivity index (χ1) is 12.1. The molecular formula is C15H9BrF3N3O3S. The van der Waals surface area contributed by atoms with Crippen LogP contribution in [0.3, 0.4) is 0 Å². The van der Waals surface area contributed by atoms with E-state index in [-0.39, 0.29) is 22.5 Å². The Morgan fingerprint density at radius 2 is 1.96 bits per heavy atom. The second-order valence-corrected chi connectivity index (χ2v) is 6.68. The molecule has 11 heteroatoms. The van der Waals surface area contributed by atoms with Crippen molar-refractivity contribution in [2.24, 2.45) is 7.05 Å². The van der Waals surface area contributed by atoms with Gasteiger partial charge in [0.15, 0.2) is 5.78 Å². The topological polar surface area (TPSA) is 74.0 Å². The van der Waals surface area contributed by atoms with Gasteiger partial charge in [0.2, 0.25) is 0 Å². The lowest BCUT2D eigenvalue weighted by Gasteiger charge is -2.14. The lowest BCUT2D eigenvalue weighted by Crippen LogP contribution is -2.40. The van der Waals surface area contributed by atoms with Crippen LogP contribution in [0.2, 0.25) is 0 Å². The van der Waals surface area contributed by atoms with Crippen molar-refractivity contribution in [1.29, 1.82) is 0 Å². The van der Waals surface area contributed by atoms with Gasteiger partial charge in [0.1, 0.15) is 11.4 Å². The molecule has 2 heterocycles. The quantitative estimate of drug-likeness (QED) is 0.457. The molecule has 2 aromatic heterocycles. The van der Waals surface area contributed by atoms with Gasteiger partial charge in [-0.1, -0.05) is 15.9 Å². The van der Waals surface area contributed by atoms with Gasteiger partial charge in [-0.3, -0.25) is 14.2 Å². The molecule has 0 N–H and O–H groups in total.